The molecule has 0 spiro atoms. The maximum atomic E-state index is 5.36. The zero-order chi connectivity index (χ0) is 9.38. The molecule has 0 saturated carbocycles. The number of nitrogens with zero attached hydrogens (tertiary/aromatic N) is 1. The molecule has 2 aromatic rings. The van der Waals surface area contributed by atoms with Gasteiger partial charge in [-0.1, -0.05) is 0 Å². The third-order valence-corrected chi connectivity index (χ3v) is 2.84. The quantitative estimate of drug-likeness (QED) is 0.742. The average molecular weight is 188 g/mol. The summed E-state index contributed by atoms with van der Waals surface area (Å²) in [6, 6.07) is 4.01. The number of furan rings is 1. The summed E-state index contributed by atoms with van der Waals surface area (Å²) in [5.74, 6) is 0.560. The van der Waals surface area contributed by atoms with Crippen molar-refractivity contribution in [2.24, 2.45) is 0 Å². The van der Waals surface area contributed by atoms with Gasteiger partial charge in [0.1, 0.15) is 5.58 Å². The van der Waals surface area contributed by atoms with Crippen molar-refractivity contribution in [2.45, 2.75) is 12.3 Å². The van der Waals surface area contributed by atoms with Gasteiger partial charge >= 0.3 is 0 Å². The Morgan fingerprint density at radius 2 is 2.50 bits per heavy atom. The molecule has 72 valence electrons. The molecule has 0 aliphatic carbocycles. The van der Waals surface area contributed by atoms with Crippen LogP contribution in [0.5, 0.6) is 0 Å². The van der Waals surface area contributed by atoms with Gasteiger partial charge in [0.15, 0.2) is 0 Å². The predicted molar refractivity (Wildman–Crippen MR) is 54.2 cm³/mol. The Balaban J connectivity index is 2.04. The molecule has 1 atom stereocenters. The fourth-order valence-electron chi connectivity index (χ4n) is 2.00. The van der Waals surface area contributed by atoms with Crippen LogP contribution in [-0.2, 0) is 0 Å². The smallest absolute Gasteiger partial charge is 0.137 e. The molecular weight excluding hydrogens is 176 g/mol. The van der Waals surface area contributed by atoms with Crippen LogP contribution >= 0.6 is 0 Å². The molecule has 3 nitrogen and oxygen atoms in total. The number of pyridine rings is 1. The van der Waals surface area contributed by atoms with E-state index in [0.717, 1.165) is 29.8 Å². The lowest BCUT2D eigenvalue weighted by atomic mass is 10.0. The van der Waals surface area contributed by atoms with E-state index in [4.69, 9.17) is 4.42 Å². The van der Waals surface area contributed by atoms with Crippen LogP contribution in [0.3, 0.4) is 0 Å². The monoisotopic (exact) mass is 188 g/mol. The second-order valence-electron chi connectivity index (χ2n) is 3.76. The van der Waals surface area contributed by atoms with E-state index in [1.807, 2.05) is 12.3 Å². The summed E-state index contributed by atoms with van der Waals surface area (Å²) >= 11 is 0. The summed E-state index contributed by atoms with van der Waals surface area (Å²) in [5.41, 5.74) is 2.10. The van der Waals surface area contributed by atoms with Gasteiger partial charge in [-0.15, -0.1) is 0 Å². The third-order valence-electron chi connectivity index (χ3n) is 2.84. The Morgan fingerprint density at radius 1 is 1.50 bits per heavy atom. The third kappa shape index (κ3) is 1.21. The van der Waals surface area contributed by atoms with Gasteiger partial charge in [0, 0.05) is 35.8 Å². The van der Waals surface area contributed by atoms with Crippen molar-refractivity contribution < 1.29 is 4.42 Å². The summed E-state index contributed by atoms with van der Waals surface area (Å²) in [6.07, 6.45) is 4.79. The molecule has 1 aliphatic rings. The van der Waals surface area contributed by atoms with Gasteiger partial charge in [0.25, 0.3) is 0 Å². The molecule has 1 fully saturated rings. The Bertz CT molecular complexity index is 443. The first kappa shape index (κ1) is 8.00. The van der Waals surface area contributed by atoms with Gasteiger partial charge < -0.3 is 9.73 Å². The minimum absolute atomic E-state index is 0.560. The van der Waals surface area contributed by atoms with Crippen molar-refractivity contribution in [1.82, 2.24) is 10.3 Å². The van der Waals surface area contributed by atoms with Crippen LogP contribution in [0, 0.1) is 0 Å². The number of fused-ring (bicyclic) bond motifs is 1. The summed E-state index contributed by atoms with van der Waals surface area (Å²) in [5, 5.41) is 4.43. The van der Waals surface area contributed by atoms with Gasteiger partial charge in [0.2, 0.25) is 0 Å². The topological polar surface area (TPSA) is 38.1 Å². The molecule has 1 N–H and O–H groups in total. The Labute approximate surface area is 82.1 Å². The molecule has 0 amide bonds. The molecule has 14 heavy (non-hydrogen) atoms. The van der Waals surface area contributed by atoms with E-state index >= 15 is 0 Å². The lowest BCUT2D eigenvalue weighted by Crippen LogP contribution is -2.08. The van der Waals surface area contributed by atoms with Crippen molar-refractivity contribution in [2.75, 3.05) is 13.1 Å². The van der Waals surface area contributed by atoms with Gasteiger partial charge in [-0.05, 0) is 19.0 Å². The Morgan fingerprint density at radius 3 is 3.36 bits per heavy atom. The molecular formula is C11H12N2O. The molecule has 2 aromatic heterocycles. The first-order valence-electron chi connectivity index (χ1n) is 4.97. The maximum Gasteiger partial charge on any atom is 0.137 e. The minimum Gasteiger partial charge on any atom is -0.464 e. The van der Waals surface area contributed by atoms with Crippen molar-refractivity contribution in [3.8, 4) is 0 Å². The van der Waals surface area contributed by atoms with Crippen LogP contribution in [0.4, 0.5) is 0 Å². The largest absolute Gasteiger partial charge is 0.464 e. The molecule has 0 aromatic carbocycles. The number of aromatic nitrogens is 1. The predicted octanol–water partition coefficient (Wildman–Crippen LogP) is 1.90. The van der Waals surface area contributed by atoms with Crippen molar-refractivity contribution in [3.05, 3.63) is 30.3 Å². The molecule has 1 unspecified atom stereocenters. The van der Waals surface area contributed by atoms with E-state index in [0.29, 0.717) is 5.92 Å². The average Bonchev–Trinajstić information content (AvgIpc) is 2.88. The van der Waals surface area contributed by atoms with E-state index in [9.17, 15) is 0 Å². The number of hydrogen-bond acceptors (Lipinski definition) is 3. The first-order valence-corrected chi connectivity index (χ1v) is 4.97. The number of nitrogens with one attached hydrogen (secondary N) is 1. The highest BCUT2D eigenvalue weighted by Gasteiger charge is 2.18. The molecule has 3 heteroatoms. The maximum absolute atomic E-state index is 5.36. The molecule has 3 heterocycles. The lowest BCUT2D eigenvalue weighted by molar-refractivity contribution is 0.613. The van der Waals surface area contributed by atoms with Crippen LogP contribution < -0.4 is 5.32 Å². The first-order chi connectivity index (χ1) is 6.93. The zero-order valence-corrected chi connectivity index (χ0v) is 7.86. The van der Waals surface area contributed by atoms with Gasteiger partial charge in [-0.25, -0.2) is 0 Å². The fraction of sp³-hybridized carbons (Fsp3) is 0.364. The van der Waals surface area contributed by atoms with Crippen molar-refractivity contribution in [3.63, 3.8) is 0 Å². The summed E-state index contributed by atoms with van der Waals surface area (Å²) < 4.78 is 5.36. The normalized spacial score (nSPS) is 21.9. The van der Waals surface area contributed by atoms with Gasteiger partial charge in [-0.2, -0.15) is 0 Å². The molecule has 1 aliphatic heterocycles. The summed E-state index contributed by atoms with van der Waals surface area (Å²) in [7, 11) is 0. The number of hydrogen-bond donors (Lipinski definition) is 1. The van der Waals surface area contributed by atoms with Crippen molar-refractivity contribution >= 4 is 11.0 Å². The van der Waals surface area contributed by atoms with Crippen molar-refractivity contribution in [1.29, 1.82) is 0 Å². The Kier molecular flexibility index (Phi) is 1.77. The summed E-state index contributed by atoms with van der Waals surface area (Å²) in [6.45, 7) is 2.14. The molecule has 0 radical (unpaired) electrons. The highest BCUT2D eigenvalue weighted by Crippen LogP contribution is 2.23. The second kappa shape index (κ2) is 3.10. The van der Waals surface area contributed by atoms with Gasteiger partial charge in [-0.3, -0.25) is 4.98 Å². The van der Waals surface area contributed by atoms with E-state index in [-0.39, 0.29) is 0 Å². The standard InChI is InChI=1S/C11H12N2O/c1-3-12-6-8(1)10-5-11-9(7-13-10)2-4-14-11/h2,4-5,7-8,12H,1,3,6H2. The molecule has 1 saturated heterocycles. The second-order valence-corrected chi connectivity index (χ2v) is 3.76. The highest BCUT2D eigenvalue weighted by molar-refractivity contribution is 5.76. The summed E-state index contributed by atoms with van der Waals surface area (Å²) in [4.78, 5) is 4.46. The fourth-order valence-corrected chi connectivity index (χ4v) is 2.00. The van der Waals surface area contributed by atoms with Gasteiger partial charge in [0.05, 0.1) is 6.26 Å². The van der Waals surface area contributed by atoms with E-state index in [1.54, 1.807) is 6.26 Å². The minimum atomic E-state index is 0.560. The molecule has 3 rings (SSSR count). The Hall–Kier alpha value is -1.35. The zero-order valence-electron chi connectivity index (χ0n) is 7.86. The van der Waals surface area contributed by atoms with Crippen LogP contribution in [0.1, 0.15) is 18.0 Å². The number of rotatable bonds is 1. The van der Waals surface area contributed by atoms with Crippen LogP contribution in [-0.4, -0.2) is 18.1 Å². The lowest BCUT2D eigenvalue weighted by Gasteiger charge is -2.06. The van der Waals surface area contributed by atoms with Crippen LogP contribution in [0.25, 0.3) is 11.0 Å². The van der Waals surface area contributed by atoms with E-state index < -0.39 is 0 Å². The van der Waals surface area contributed by atoms with Crippen LogP contribution in [0.2, 0.25) is 0 Å². The molecule has 0 bridgehead atoms. The highest BCUT2D eigenvalue weighted by atomic mass is 16.3. The van der Waals surface area contributed by atoms with E-state index in [2.05, 4.69) is 16.4 Å². The SMILES string of the molecule is c1cc2cnc(C3CCNC3)cc2o1. The van der Waals surface area contributed by atoms with Crippen LogP contribution in [0.15, 0.2) is 29.0 Å². The van der Waals surface area contributed by atoms with E-state index in [1.165, 1.54) is 6.42 Å².